The van der Waals surface area contributed by atoms with E-state index in [9.17, 15) is 0 Å². The van der Waals surface area contributed by atoms with Crippen molar-refractivity contribution < 1.29 is 4.74 Å². The molecule has 0 heterocycles. The summed E-state index contributed by atoms with van der Waals surface area (Å²) >= 11 is 0. The predicted octanol–water partition coefficient (Wildman–Crippen LogP) is 6.29. The average Bonchev–Trinajstić information content (AvgIpc) is 2.63. The van der Waals surface area contributed by atoms with Gasteiger partial charge in [-0.05, 0) is 58.1 Å². The third kappa shape index (κ3) is 2.16. The lowest BCUT2D eigenvalue weighted by atomic mass is 9.89. The number of ether oxygens (including phenoxy) is 1. The van der Waals surface area contributed by atoms with Gasteiger partial charge in [-0.2, -0.15) is 0 Å². The van der Waals surface area contributed by atoms with Gasteiger partial charge in [-0.25, -0.2) is 0 Å². The molecule has 118 valence electrons. The van der Waals surface area contributed by atoms with Crippen LogP contribution in [0.25, 0.3) is 32.7 Å². The molecule has 4 rings (SSSR count). The molecule has 0 N–H and O–H groups in total. The number of rotatable bonds is 2. The minimum Gasteiger partial charge on any atom is -0.496 e. The summed E-state index contributed by atoms with van der Waals surface area (Å²) in [6.07, 6.45) is 0. The topological polar surface area (TPSA) is 9.23 Å². The number of hydrogen-bond donors (Lipinski definition) is 0. The van der Waals surface area contributed by atoms with E-state index in [1.807, 2.05) is 0 Å². The van der Waals surface area contributed by atoms with Gasteiger partial charge in [-0.3, -0.25) is 0 Å². The van der Waals surface area contributed by atoms with Crippen molar-refractivity contribution in [3.63, 3.8) is 0 Å². The molecule has 0 saturated heterocycles. The molecule has 4 aromatic carbocycles. The van der Waals surface area contributed by atoms with Crippen LogP contribution in [-0.4, -0.2) is 7.11 Å². The molecule has 0 aliphatic heterocycles. The van der Waals surface area contributed by atoms with Gasteiger partial charge in [-0.1, -0.05) is 60.7 Å². The van der Waals surface area contributed by atoms with Crippen LogP contribution in [0, 0.1) is 13.8 Å². The highest BCUT2D eigenvalue weighted by Gasteiger charge is 2.15. The molecule has 0 unspecified atom stereocenters. The van der Waals surface area contributed by atoms with Crippen LogP contribution >= 0.6 is 0 Å². The molecule has 0 bridgehead atoms. The van der Waals surface area contributed by atoms with Crippen LogP contribution in [0.3, 0.4) is 0 Å². The Bertz CT molecular complexity index is 1060. The van der Waals surface area contributed by atoms with Crippen molar-refractivity contribution >= 4 is 21.5 Å². The molecule has 1 nitrogen and oxygen atoms in total. The summed E-state index contributed by atoms with van der Waals surface area (Å²) in [4.78, 5) is 0. The SMILES string of the molecule is COc1cc2ccccc2c(C)c1-c1ccc2ccccc2c1C. The standard InChI is InChI=1S/C23H20O/c1-15-19-10-6-4-8-17(19)12-13-21(15)23-16(2)20-11-7-5-9-18(20)14-22(23)24-3/h4-14H,1-3H3. The Hall–Kier alpha value is -2.80. The molecule has 0 spiro atoms. The largest absolute Gasteiger partial charge is 0.496 e. The van der Waals surface area contributed by atoms with E-state index in [1.165, 1.54) is 43.8 Å². The molecule has 4 aromatic rings. The van der Waals surface area contributed by atoms with Gasteiger partial charge in [0, 0.05) is 5.56 Å². The van der Waals surface area contributed by atoms with Crippen LogP contribution in [0.2, 0.25) is 0 Å². The lowest BCUT2D eigenvalue weighted by molar-refractivity contribution is 0.417. The normalized spacial score (nSPS) is 11.1. The van der Waals surface area contributed by atoms with E-state index in [0.717, 1.165) is 5.75 Å². The highest BCUT2D eigenvalue weighted by molar-refractivity contribution is 5.98. The maximum Gasteiger partial charge on any atom is 0.127 e. The highest BCUT2D eigenvalue weighted by Crippen LogP contribution is 2.41. The summed E-state index contributed by atoms with van der Waals surface area (Å²) in [6.45, 7) is 4.39. The van der Waals surface area contributed by atoms with Crippen molar-refractivity contribution in [2.75, 3.05) is 7.11 Å². The van der Waals surface area contributed by atoms with E-state index in [1.54, 1.807) is 7.11 Å². The van der Waals surface area contributed by atoms with Gasteiger partial charge in [0.1, 0.15) is 5.75 Å². The number of hydrogen-bond acceptors (Lipinski definition) is 1. The maximum absolute atomic E-state index is 5.76. The first-order chi connectivity index (χ1) is 11.7. The first-order valence-electron chi connectivity index (χ1n) is 8.26. The van der Waals surface area contributed by atoms with E-state index in [2.05, 4.69) is 80.6 Å². The molecule has 0 radical (unpaired) electrons. The first kappa shape index (κ1) is 14.8. The lowest BCUT2D eigenvalue weighted by Gasteiger charge is -2.18. The first-order valence-corrected chi connectivity index (χ1v) is 8.26. The molecular formula is C23H20O. The fourth-order valence-corrected chi connectivity index (χ4v) is 3.69. The zero-order valence-corrected chi connectivity index (χ0v) is 14.3. The van der Waals surface area contributed by atoms with E-state index in [0.29, 0.717) is 0 Å². The quantitative estimate of drug-likeness (QED) is 0.423. The molecule has 0 fully saturated rings. The van der Waals surface area contributed by atoms with Crippen molar-refractivity contribution in [1.82, 2.24) is 0 Å². The zero-order valence-electron chi connectivity index (χ0n) is 14.3. The van der Waals surface area contributed by atoms with Gasteiger partial charge in [-0.15, -0.1) is 0 Å². The minimum absolute atomic E-state index is 0.935. The second-order valence-corrected chi connectivity index (χ2v) is 6.26. The monoisotopic (exact) mass is 312 g/mol. The van der Waals surface area contributed by atoms with Gasteiger partial charge >= 0.3 is 0 Å². The van der Waals surface area contributed by atoms with E-state index in [4.69, 9.17) is 4.74 Å². The van der Waals surface area contributed by atoms with Crippen molar-refractivity contribution in [1.29, 1.82) is 0 Å². The fourth-order valence-electron chi connectivity index (χ4n) is 3.69. The second-order valence-electron chi connectivity index (χ2n) is 6.26. The lowest BCUT2D eigenvalue weighted by Crippen LogP contribution is -1.95. The van der Waals surface area contributed by atoms with Crippen molar-refractivity contribution in [3.05, 3.63) is 77.9 Å². The van der Waals surface area contributed by atoms with Crippen molar-refractivity contribution in [3.8, 4) is 16.9 Å². The van der Waals surface area contributed by atoms with Crippen LogP contribution in [0.5, 0.6) is 5.75 Å². The van der Waals surface area contributed by atoms with Crippen LogP contribution in [0.15, 0.2) is 66.7 Å². The number of methoxy groups -OCH3 is 1. The van der Waals surface area contributed by atoms with E-state index in [-0.39, 0.29) is 0 Å². The smallest absolute Gasteiger partial charge is 0.127 e. The Morgan fingerprint density at radius 1 is 0.667 bits per heavy atom. The fraction of sp³-hybridized carbons (Fsp3) is 0.130. The summed E-state index contributed by atoms with van der Waals surface area (Å²) in [5, 5.41) is 5.07. The molecule has 0 amide bonds. The molecule has 0 saturated carbocycles. The van der Waals surface area contributed by atoms with Gasteiger partial charge in [0.05, 0.1) is 7.11 Å². The summed E-state index contributed by atoms with van der Waals surface area (Å²) in [5.41, 5.74) is 5.00. The third-order valence-electron chi connectivity index (χ3n) is 4.96. The van der Waals surface area contributed by atoms with Crippen LogP contribution in [0.4, 0.5) is 0 Å². The van der Waals surface area contributed by atoms with Gasteiger partial charge in [0.25, 0.3) is 0 Å². The number of aryl methyl sites for hydroxylation is 2. The van der Waals surface area contributed by atoms with Crippen molar-refractivity contribution in [2.45, 2.75) is 13.8 Å². The van der Waals surface area contributed by atoms with Crippen LogP contribution in [-0.2, 0) is 0 Å². The number of fused-ring (bicyclic) bond motifs is 2. The molecule has 24 heavy (non-hydrogen) atoms. The Balaban J connectivity index is 2.09. The Morgan fingerprint density at radius 2 is 1.29 bits per heavy atom. The van der Waals surface area contributed by atoms with Gasteiger partial charge < -0.3 is 4.74 Å². The molecule has 0 aromatic heterocycles. The summed E-state index contributed by atoms with van der Waals surface area (Å²) in [6, 6.07) is 23.6. The third-order valence-corrected chi connectivity index (χ3v) is 4.96. The van der Waals surface area contributed by atoms with Gasteiger partial charge in [0.15, 0.2) is 0 Å². The Kier molecular flexibility index (Phi) is 3.50. The van der Waals surface area contributed by atoms with E-state index < -0.39 is 0 Å². The van der Waals surface area contributed by atoms with E-state index >= 15 is 0 Å². The molecule has 1 heteroatoms. The zero-order chi connectivity index (χ0) is 16.7. The molecule has 0 aliphatic rings. The summed E-state index contributed by atoms with van der Waals surface area (Å²) in [7, 11) is 1.75. The highest BCUT2D eigenvalue weighted by atomic mass is 16.5. The van der Waals surface area contributed by atoms with Crippen molar-refractivity contribution in [2.24, 2.45) is 0 Å². The number of benzene rings is 4. The summed E-state index contributed by atoms with van der Waals surface area (Å²) < 4.78 is 5.76. The predicted molar refractivity (Wildman–Crippen MR) is 103 cm³/mol. The molecule has 0 aliphatic carbocycles. The van der Waals surface area contributed by atoms with Crippen LogP contribution < -0.4 is 4.74 Å². The maximum atomic E-state index is 5.76. The minimum atomic E-state index is 0.935. The molecular weight excluding hydrogens is 292 g/mol. The summed E-state index contributed by atoms with van der Waals surface area (Å²) in [5.74, 6) is 0.935. The molecule has 0 atom stereocenters. The van der Waals surface area contributed by atoms with Gasteiger partial charge in [0.2, 0.25) is 0 Å². The van der Waals surface area contributed by atoms with Crippen LogP contribution in [0.1, 0.15) is 11.1 Å². The second kappa shape index (κ2) is 5.68. The Labute approximate surface area is 142 Å². The average molecular weight is 312 g/mol. The Morgan fingerprint density at radius 3 is 2.00 bits per heavy atom.